The maximum absolute atomic E-state index is 5.96. The molecule has 1 rings (SSSR count). The molecule has 3 heteroatoms. The van der Waals surface area contributed by atoms with Gasteiger partial charge in [-0.25, -0.2) is 0 Å². The second-order valence-electron chi connectivity index (χ2n) is 2.28. The van der Waals surface area contributed by atoms with Gasteiger partial charge in [-0.2, -0.15) is 0 Å². The molecule has 0 saturated carbocycles. The molecular formula is C8H7BrCl2. The summed E-state index contributed by atoms with van der Waals surface area (Å²) < 4.78 is 0.922. The van der Waals surface area contributed by atoms with E-state index in [0.29, 0.717) is 5.88 Å². The Morgan fingerprint density at radius 2 is 2.09 bits per heavy atom. The van der Waals surface area contributed by atoms with Crippen LogP contribution in [0, 0.1) is 6.92 Å². The van der Waals surface area contributed by atoms with Crippen molar-refractivity contribution in [2.45, 2.75) is 12.8 Å². The van der Waals surface area contributed by atoms with Crippen LogP contribution in [0.4, 0.5) is 0 Å². The smallest absolute Gasteiger partial charge is 0.0580 e. The van der Waals surface area contributed by atoms with Crippen LogP contribution in [-0.2, 0) is 5.88 Å². The molecule has 0 saturated heterocycles. The standard InChI is InChI=1S/C8H7BrCl2/c1-5-6(4-10)2-3-7(9)8(5)11/h2-3H,4H2,1H3. The largest absolute Gasteiger partial charge is 0.122 e. The molecule has 0 aliphatic rings. The van der Waals surface area contributed by atoms with E-state index in [2.05, 4.69) is 15.9 Å². The Bertz CT molecular complexity index is 271. The predicted molar refractivity (Wildman–Crippen MR) is 53.4 cm³/mol. The molecule has 60 valence electrons. The summed E-state index contributed by atoms with van der Waals surface area (Å²) in [7, 11) is 0. The zero-order chi connectivity index (χ0) is 8.43. The second-order valence-corrected chi connectivity index (χ2v) is 3.78. The van der Waals surface area contributed by atoms with Gasteiger partial charge in [0, 0.05) is 10.4 Å². The number of alkyl halides is 1. The summed E-state index contributed by atoms with van der Waals surface area (Å²) in [6.45, 7) is 1.96. The summed E-state index contributed by atoms with van der Waals surface area (Å²) in [5.41, 5.74) is 2.14. The van der Waals surface area contributed by atoms with Gasteiger partial charge in [0.25, 0.3) is 0 Å². The fourth-order valence-corrected chi connectivity index (χ4v) is 1.74. The van der Waals surface area contributed by atoms with E-state index >= 15 is 0 Å². The average molecular weight is 254 g/mol. The van der Waals surface area contributed by atoms with Crippen molar-refractivity contribution in [2.24, 2.45) is 0 Å². The molecule has 0 spiro atoms. The molecule has 0 heterocycles. The fraction of sp³-hybridized carbons (Fsp3) is 0.250. The molecule has 1 aromatic rings. The van der Waals surface area contributed by atoms with Crippen LogP contribution in [0.15, 0.2) is 16.6 Å². The molecule has 0 nitrogen and oxygen atoms in total. The Balaban J connectivity index is 3.25. The van der Waals surface area contributed by atoms with E-state index in [4.69, 9.17) is 23.2 Å². The molecule has 0 bridgehead atoms. The highest BCUT2D eigenvalue weighted by molar-refractivity contribution is 9.10. The molecule has 0 fully saturated rings. The van der Waals surface area contributed by atoms with Crippen molar-refractivity contribution >= 4 is 39.1 Å². The highest BCUT2D eigenvalue weighted by Gasteiger charge is 2.04. The zero-order valence-electron chi connectivity index (χ0n) is 6.00. The Morgan fingerprint density at radius 3 is 2.64 bits per heavy atom. The fourth-order valence-electron chi connectivity index (χ4n) is 0.837. The summed E-state index contributed by atoms with van der Waals surface area (Å²) in [6.07, 6.45) is 0. The van der Waals surface area contributed by atoms with Crippen molar-refractivity contribution in [1.82, 2.24) is 0 Å². The van der Waals surface area contributed by atoms with Crippen molar-refractivity contribution in [3.8, 4) is 0 Å². The van der Waals surface area contributed by atoms with E-state index in [1.807, 2.05) is 19.1 Å². The maximum atomic E-state index is 5.96. The van der Waals surface area contributed by atoms with Gasteiger partial charge in [-0.05, 0) is 40.0 Å². The van der Waals surface area contributed by atoms with Gasteiger partial charge >= 0.3 is 0 Å². The number of hydrogen-bond donors (Lipinski definition) is 0. The first-order valence-electron chi connectivity index (χ1n) is 3.16. The maximum Gasteiger partial charge on any atom is 0.0580 e. The van der Waals surface area contributed by atoms with E-state index in [0.717, 1.165) is 20.6 Å². The predicted octanol–water partition coefficient (Wildman–Crippen LogP) is 4.15. The van der Waals surface area contributed by atoms with Crippen LogP contribution in [-0.4, -0.2) is 0 Å². The lowest BCUT2D eigenvalue weighted by Gasteiger charge is -2.04. The summed E-state index contributed by atoms with van der Waals surface area (Å²) >= 11 is 15.0. The highest BCUT2D eigenvalue weighted by Crippen LogP contribution is 2.28. The number of rotatable bonds is 1. The van der Waals surface area contributed by atoms with Crippen LogP contribution >= 0.6 is 39.1 Å². The van der Waals surface area contributed by atoms with Crippen molar-refractivity contribution in [3.05, 3.63) is 32.8 Å². The van der Waals surface area contributed by atoms with Gasteiger partial charge in [-0.1, -0.05) is 17.7 Å². The minimum Gasteiger partial charge on any atom is -0.122 e. The monoisotopic (exact) mass is 252 g/mol. The van der Waals surface area contributed by atoms with Gasteiger partial charge in [0.1, 0.15) is 0 Å². The van der Waals surface area contributed by atoms with E-state index in [9.17, 15) is 0 Å². The SMILES string of the molecule is Cc1c(CCl)ccc(Br)c1Cl. The first-order chi connectivity index (χ1) is 5.16. The Morgan fingerprint density at radius 1 is 1.45 bits per heavy atom. The highest BCUT2D eigenvalue weighted by atomic mass is 79.9. The molecule has 1 aromatic carbocycles. The minimum atomic E-state index is 0.513. The third-order valence-corrected chi connectivity index (χ3v) is 3.26. The second kappa shape index (κ2) is 3.79. The van der Waals surface area contributed by atoms with Crippen LogP contribution in [0.5, 0.6) is 0 Å². The van der Waals surface area contributed by atoms with E-state index in [-0.39, 0.29) is 0 Å². The lowest BCUT2D eigenvalue weighted by molar-refractivity contribution is 1.29. The van der Waals surface area contributed by atoms with Crippen LogP contribution in [0.2, 0.25) is 5.02 Å². The molecule has 0 N–H and O–H groups in total. The normalized spacial score (nSPS) is 10.2. The molecule has 11 heavy (non-hydrogen) atoms. The van der Waals surface area contributed by atoms with Crippen molar-refractivity contribution in [1.29, 1.82) is 0 Å². The van der Waals surface area contributed by atoms with Gasteiger partial charge < -0.3 is 0 Å². The molecular weight excluding hydrogens is 247 g/mol. The number of hydrogen-bond acceptors (Lipinski definition) is 0. The van der Waals surface area contributed by atoms with Gasteiger partial charge in [-0.15, -0.1) is 11.6 Å². The Kier molecular flexibility index (Phi) is 3.23. The van der Waals surface area contributed by atoms with Crippen molar-refractivity contribution in [2.75, 3.05) is 0 Å². The third kappa shape index (κ3) is 1.90. The van der Waals surface area contributed by atoms with E-state index in [1.165, 1.54) is 0 Å². The van der Waals surface area contributed by atoms with Gasteiger partial charge in [-0.3, -0.25) is 0 Å². The van der Waals surface area contributed by atoms with Crippen molar-refractivity contribution in [3.63, 3.8) is 0 Å². The number of benzene rings is 1. The molecule has 0 atom stereocenters. The molecule has 0 aliphatic heterocycles. The average Bonchev–Trinajstić information content (AvgIpc) is 2.01. The van der Waals surface area contributed by atoms with Gasteiger partial charge in [0.2, 0.25) is 0 Å². The minimum absolute atomic E-state index is 0.513. The zero-order valence-corrected chi connectivity index (χ0v) is 9.09. The lowest BCUT2D eigenvalue weighted by atomic mass is 10.1. The summed E-state index contributed by atoms with van der Waals surface area (Å²) in [5.74, 6) is 0.513. The van der Waals surface area contributed by atoms with Crippen LogP contribution < -0.4 is 0 Å². The van der Waals surface area contributed by atoms with Gasteiger partial charge in [0.15, 0.2) is 0 Å². The number of halogens is 3. The van der Waals surface area contributed by atoms with Crippen LogP contribution in [0.1, 0.15) is 11.1 Å². The Labute approximate surface area is 84.6 Å². The summed E-state index contributed by atoms with van der Waals surface area (Å²) in [5, 5.41) is 0.753. The topological polar surface area (TPSA) is 0 Å². The molecule has 0 aromatic heterocycles. The van der Waals surface area contributed by atoms with E-state index in [1.54, 1.807) is 0 Å². The molecule has 0 aliphatic carbocycles. The van der Waals surface area contributed by atoms with Crippen LogP contribution in [0.3, 0.4) is 0 Å². The lowest BCUT2D eigenvalue weighted by Crippen LogP contribution is -1.85. The van der Waals surface area contributed by atoms with Crippen LogP contribution in [0.25, 0.3) is 0 Å². The first kappa shape index (κ1) is 9.37. The molecule has 0 unspecified atom stereocenters. The van der Waals surface area contributed by atoms with Crippen molar-refractivity contribution < 1.29 is 0 Å². The summed E-state index contributed by atoms with van der Waals surface area (Å²) in [6, 6.07) is 3.88. The Hall–Kier alpha value is 0.280. The quantitative estimate of drug-likeness (QED) is 0.660. The molecule has 0 amide bonds. The van der Waals surface area contributed by atoms with E-state index < -0.39 is 0 Å². The summed E-state index contributed by atoms with van der Waals surface area (Å²) in [4.78, 5) is 0. The molecule has 0 radical (unpaired) electrons. The third-order valence-electron chi connectivity index (χ3n) is 1.60. The first-order valence-corrected chi connectivity index (χ1v) is 4.86. The van der Waals surface area contributed by atoms with Gasteiger partial charge in [0.05, 0.1) is 5.02 Å².